The van der Waals surface area contributed by atoms with Crippen LogP contribution < -0.4 is 10.6 Å². The molecule has 15 rings (SSSR count). The Bertz CT molecular complexity index is 4790. The Balaban J connectivity index is 0.000000166. The molecule has 11 aromatic rings. The normalized spacial score (nSPS) is 17.8. The molecule has 109 heavy (non-hydrogen) atoms. The Morgan fingerprint density at radius 3 is 1.71 bits per heavy atom. The lowest BCUT2D eigenvalue weighted by molar-refractivity contribution is -0.0365. The number of hydrogen-bond donors (Lipinski definition) is 5. The number of imidazole rings is 2. The minimum atomic E-state index is -0.586. The third-order valence-corrected chi connectivity index (χ3v) is 21.2. The number of pyridine rings is 2. The van der Waals surface area contributed by atoms with E-state index in [0.717, 1.165) is 182 Å². The molecule has 4 aliphatic heterocycles. The molecular formula is C83H103N21O5. The highest BCUT2D eigenvalue weighted by Crippen LogP contribution is 2.38. The van der Waals surface area contributed by atoms with Crippen LogP contribution >= 0.6 is 0 Å². The van der Waals surface area contributed by atoms with Gasteiger partial charge >= 0.3 is 6.09 Å². The monoisotopic (exact) mass is 1470 g/mol. The maximum absolute atomic E-state index is 13.8. The second kappa shape index (κ2) is 36.6. The van der Waals surface area contributed by atoms with Gasteiger partial charge in [0.25, 0.3) is 11.8 Å². The zero-order valence-corrected chi connectivity index (χ0v) is 64.0. The summed E-state index contributed by atoms with van der Waals surface area (Å²) in [6.07, 6.45) is 36.4. The summed E-state index contributed by atoms with van der Waals surface area (Å²) >= 11 is 0. The Labute approximate surface area is 637 Å². The molecular weight excluding hydrogens is 1370 g/mol. The molecule has 0 radical (unpaired) electrons. The van der Waals surface area contributed by atoms with E-state index in [1.807, 2.05) is 104 Å². The van der Waals surface area contributed by atoms with E-state index in [-0.39, 0.29) is 24.1 Å². The van der Waals surface area contributed by atoms with Crippen LogP contribution in [0.3, 0.4) is 0 Å². The van der Waals surface area contributed by atoms with Crippen LogP contribution in [0, 0.1) is 31.6 Å². The molecule has 4 atom stereocenters. The summed E-state index contributed by atoms with van der Waals surface area (Å²) in [6.45, 7) is 22.2. The van der Waals surface area contributed by atoms with Crippen molar-refractivity contribution < 1.29 is 23.9 Å². The van der Waals surface area contributed by atoms with Gasteiger partial charge in [-0.05, 0) is 232 Å². The van der Waals surface area contributed by atoms with Crippen LogP contribution in [0.25, 0.3) is 67.1 Å². The highest BCUT2D eigenvalue weighted by molar-refractivity contribution is 5.98. The van der Waals surface area contributed by atoms with E-state index in [9.17, 15) is 14.4 Å². The van der Waals surface area contributed by atoms with Gasteiger partial charge < -0.3 is 44.8 Å². The van der Waals surface area contributed by atoms with Crippen molar-refractivity contribution in [2.75, 3.05) is 59.0 Å². The lowest BCUT2D eigenvalue weighted by atomic mass is 9.96. The van der Waals surface area contributed by atoms with Crippen molar-refractivity contribution in [3.63, 3.8) is 0 Å². The van der Waals surface area contributed by atoms with Gasteiger partial charge in [0, 0.05) is 149 Å². The lowest BCUT2D eigenvalue weighted by Gasteiger charge is -2.27. The first kappa shape index (κ1) is 76.6. The number of H-pyrrole nitrogens is 3. The zero-order chi connectivity index (χ0) is 75.6. The van der Waals surface area contributed by atoms with E-state index in [4.69, 9.17) is 19.6 Å². The fourth-order valence-corrected chi connectivity index (χ4v) is 15.1. The van der Waals surface area contributed by atoms with E-state index in [0.29, 0.717) is 85.6 Å². The molecule has 4 saturated heterocycles. The lowest BCUT2D eigenvalue weighted by Crippen LogP contribution is -2.36. The molecule has 26 nitrogen and oxygen atoms in total. The number of likely N-dealkylation sites (tertiary alicyclic amines) is 2. The SMILES string of the molecule is CCN(Cc1cncc(-c2ccc3c(c2)c(-c2ncc(C(=O)N4CCCC(Cc5ncccn5)CC4)[nH]2)nn3C2CCCCO2)c1C)C(=O)OC(C)(C)C.CCNCc1cncc(-c2ccc3[nH]nc(-c4ncc(C(=O)N5CCCC(Cc6ncccn6)CC5)[nH]4)c3c2)c1C.c1cnc(CC2CCCNCC2)nc1. The number of nitrogens with zero attached hydrogens (tertiary/aromatic N) is 16. The van der Waals surface area contributed by atoms with Crippen molar-refractivity contribution in [2.24, 2.45) is 17.8 Å². The summed E-state index contributed by atoms with van der Waals surface area (Å²) in [4.78, 5) is 96.9. The van der Waals surface area contributed by atoms with Crippen LogP contribution in [0.5, 0.6) is 0 Å². The molecule has 0 aliphatic carbocycles. The Morgan fingerprint density at radius 1 is 0.587 bits per heavy atom. The molecule has 3 amide bonds. The number of hydrogen-bond acceptors (Lipinski definition) is 19. The minimum Gasteiger partial charge on any atom is -0.444 e. The zero-order valence-electron chi connectivity index (χ0n) is 64.0. The van der Waals surface area contributed by atoms with Crippen LogP contribution in [-0.4, -0.2) is 177 Å². The van der Waals surface area contributed by atoms with Crippen LogP contribution in [0.4, 0.5) is 4.79 Å². The summed E-state index contributed by atoms with van der Waals surface area (Å²) in [5.74, 6) is 5.42. The van der Waals surface area contributed by atoms with Crippen molar-refractivity contribution in [3.05, 3.63) is 180 Å². The number of carbonyl (C=O) groups excluding carboxylic acids is 3. The van der Waals surface area contributed by atoms with E-state index in [1.54, 1.807) is 42.1 Å². The molecule has 4 aliphatic rings. The van der Waals surface area contributed by atoms with E-state index in [1.165, 1.54) is 36.9 Å². The predicted molar refractivity (Wildman–Crippen MR) is 419 cm³/mol. The van der Waals surface area contributed by atoms with Gasteiger partial charge in [0.05, 0.1) is 30.0 Å². The van der Waals surface area contributed by atoms with Gasteiger partial charge in [-0.3, -0.25) is 24.7 Å². The number of fused-ring (bicyclic) bond motifs is 2. The van der Waals surface area contributed by atoms with E-state index < -0.39 is 5.60 Å². The molecule has 4 unspecified atom stereocenters. The largest absolute Gasteiger partial charge is 0.444 e. The topological polar surface area (TPSA) is 310 Å². The average molecular weight is 1470 g/mol. The third-order valence-electron chi connectivity index (χ3n) is 21.2. The number of amides is 3. The first-order valence-corrected chi connectivity index (χ1v) is 39.0. The molecule has 9 aromatic heterocycles. The van der Waals surface area contributed by atoms with Gasteiger partial charge in [-0.15, -0.1) is 0 Å². The second-order valence-electron chi connectivity index (χ2n) is 30.0. The van der Waals surface area contributed by atoms with Crippen LogP contribution in [0.1, 0.15) is 179 Å². The van der Waals surface area contributed by atoms with Crippen molar-refractivity contribution in [2.45, 2.75) is 170 Å². The van der Waals surface area contributed by atoms with Crippen molar-refractivity contribution in [1.82, 2.24) is 105 Å². The highest BCUT2D eigenvalue weighted by atomic mass is 16.6. The molecule has 13 heterocycles. The van der Waals surface area contributed by atoms with Gasteiger partial charge in [-0.2, -0.15) is 10.2 Å². The van der Waals surface area contributed by atoms with E-state index in [2.05, 4.69) is 127 Å². The number of aromatic amines is 3. The Morgan fingerprint density at radius 2 is 1.14 bits per heavy atom. The van der Waals surface area contributed by atoms with Crippen molar-refractivity contribution in [3.8, 4) is 45.3 Å². The molecule has 5 N–H and O–H groups in total. The summed E-state index contributed by atoms with van der Waals surface area (Å²) in [6, 6.07) is 18.0. The first-order chi connectivity index (χ1) is 53.1. The van der Waals surface area contributed by atoms with Gasteiger partial charge in [0.15, 0.2) is 17.9 Å². The van der Waals surface area contributed by atoms with Crippen LogP contribution in [0.2, 0.25) is 0 Å². The highest BCUT2D eigenvalue weighted by Gasteiger charge is 2.30. The smallest absolute Gasteiger partial charge is 0.410 e. The fourth-order valence-electron chi connectivity index (χ4n) is 15.1. The molecule has 570 valence electrons. The van der Waals surface area contributed by atoms with Gasteiger partial charge in [-0.25, -0.2) is 49.3 Å². The molecule has 2 aromatic carbocycles. The molecule has 4 fully saturated rings. The minimum absolute atomic E-state index is 0.0277. The van der Waals surface area contributed by atoms with Gasteiger partial charge in [0.1, 0.15) is 45.8 Å². The van der Waals surface area contributed by atoms with Gasteiger partial charge in [-0.1, -0.05) is 19.1 Å². The number of ether oxygens (including phenoxy) is 2. The second-order valence-corrected chi connectivity index (χ2v) is 30.0. The Kier molecular flexibility index (Phi) is 25.7. The number of aromatic nitrogens is 16. The van der Waals surface area contributed by atoms with Crippen molar-refractivity contribution >= 4 is 39.7 Å². The summed E-state index contributed by atoms with van der Waals surface area (Å²) in [5, 5.41) is 21.4. The summed E-state index contributed by atoms with van der Waals surface area (Å²) < 4.78 is 13.8. The third kappa shape index (κ3) is 19.7. The van der Waals surface area contributed by atoms with Crippen molar-refractivity contribution in [1.29, 1.82) is 0 Å². The maximum Gasteiger partial charge on any atom is 0.410 e. The standard InChI is InChI=1S/C41H51N9O4.C31H35N9O.C11H17N3/c1-6-48(40(52)54-41(3,4)5)26-30-23-42-24-32(27(30)2)29-13-14-34-31(22-29)37(47-50(34)36-12-7-8-20-53-36)38-45-25-33(46-38)39(51)49-18-9-11-28(15-19-49)21-35-43-16-10-17-44-35;1-3-32-16-23-17-33-18-25(20(23)2)22-7-8-26-24(15-22)29(39-38-26)30-36-19-27(37-30)31(41)40-12-4-6-21(9-13-40)14-28-34-10-5-11-35-28;1-3-10(4-8-12-5-1)9-11-13-6-2-7-14-11/h10,13-14,16-17,22-25,28,36H,6-9,11-12,15,18-21,26H2,1-5H3,(H,45,46);5,7-8,10-11,15,17-19,21,32H,3-4,6,9,12-14,16H2,1-2H3,(H,36,37)(H,38,39);2,6-7,10,12H,1,3-5,8-9H2. The van der Waals surface area contributed by atoms with Gasteiger partial charge in [0.2, 0.25) is 0 Å². The number of benzene rings is 2. The number of rotatable bonds is 19. The first-order valence-electron chi connectivity index (χ1n) is 39.0. The fraction of sp³-hybridized carbons (Fsp3) is 0.458. The maximum atomic E-state index is 13.8. The van der Waals surface area contributed by atoms with Crippen LogP contribution in [-0.2, 0) is 41.8 Å². The van der Waals surface area contributed by atoms with E-state index >= 15 is 0 Å². The molecule has 0 spiro atoms. The quantitative estimate of drug-likeness (QED) is 0.0502. The summed E-state index contributed by atoms with van der Waals surface area (Å²) in [5.41, 5.74) is 11.9. The molecule has 0 bridgehead atoms. The number of nitrogens with one attached hydrogen (secondary N) is 5. The number of carbonyl (C=O) groups is 3. The average Bonchev–Trinajstić information content (AvgIpc) is 1.62. The predicted octanol–water partition coefficient (Wildman–Crippen LogP) is 13.6. The van der Waals surface area contributed by atoms with Crippen LogP contribution in [0.15, 0.2) is 129 Å². The Hall–Kier alpha value is -10.6. The summed E-state index contributed by atoms with van der Waals surface area (Å²) in [7, 11) is 0. The molecule has 26 heteroatoms. The molecule has 0 saturated carbocycles.